The zero-order valence-electron chi connectivity index (χ0n) is 23.3. The van der Waals surface area contributed by atoms with E-state index in [1.54, 1.807) is 0 Å². The summed E-state index contributed by atoms with van der Waals surface area (Å²) in [4.78, 5) is 3.66. The van der Waals surface area contributed by atoms with Gasteiger partial charge in [-0.2, -0.15) is 0 Å². The highest BCUT2D eigenvalue weighted by molar-refractivity contribution is 4.90. The Morgan fingerprint density at radius 3 is 1.55 bits per heavy atom. The van der Waals surface area contributed by atoms with Gasteiger partial charge in [-0.3, -0.25) is 0 Å². The van der Waals surface area contributed by atoms with E-state index in [1.807, 2.05) is 0 Å². The fraction of sp³-hybridized carbons (Fsp3) is 0.903. The van der Waals surface area contributed by atoms with Crippen LogP contribution in [-0.4, -0.2) is 4.98 Å². The largest absolute Gasteiger partial charge is 0.257 e. The molecule has 0 saturated carbocycles. The van der Waals surface area contributed by atoms with E-state index in [1.165, 1.54) is 147 Å². The van der Waals surface area contributed by atoms with E-state index >= 15 is 0 Å². The molecule has 1 rings (SSSR count). The maximum Gasteiger partial charge on any atom is 0.257 e. The van der Waals surface area contributed by atoms with Crippen LogP contribution in [-0.2, 0) is 0 Å². The Balaban J connectivity index is 2.26. The lowest BCUT2D eigenvalue weighted by Gasteiger charge is -2.17. The van der Waals surface area contributed by atoms with Gasteiger partial charge in [-0.1, -0.05) is 136 Å². The van der Waals surface area contributed by atoms with Crippen molar-refractivity contribution in [3.8, 4) is 0 Å². The molecule has 2 atom stereocenters. The Kier molecular flexibility index (Phi) is 19.9. The maximum absolute atomic E-state index is 3.66. The van der Waals surface area contributed by atoms with Crippen LogP contribution in [0.5, 0.6) is 0 Å². The van der Waals surface area contributed by atoms with E-state index in [0.29, 0.717) is 12.0 Å². The Labute approximate surface area is 208 Å². The molecule has 1 N–H and O–H groups in total. The minimum atomic E-state index is 0.624. The van der Waals surface area contributed by atoms with Crippen LogP contribution in [0.4, 0.5) is 0 Å². The lowest BCUT2D eigenvalue weighted by molar-refractivity contribution is -0.727. The molecule has 2 unspecified atom stereocenters. The number of hydrogen-bond donors (Lipinski definition) is 1. The van der Waals surface area contributed by atoms with Crippen molar-refractivity contribution < 1.29 is 4.57 Å². The molecule has 0 radical (unpaired) electrons. The summed E-state index contributed by atoms with van der Waals surface area (Å²) in [6.07, 6.45) is 35.4. The van der Waals surface area contributed by atoms with Crippen LogP contribution >= 0.6 is 0 Å². The van der Waals surface area contributed by atoms with E-state index in [0.717, 1.165) is 0 Å². The van der Waals surface area contributed by atoms with E-state index in [-0.39, 0.29) is 0 Å². The summed E-state index contributed by atoms with van der Waals surface area (Å²) < 4.78 is 2.58. The molecule has 0 aliphatic rings. The van der Waals surface area contributed by atoms with Gasteiger partial charge >= 0.3 is 0 Å². The Morgan fingerprint density at radius 1 is 0.576 bits per heavy atom. The molecule has 0 aliphatic carbocycles. The third-order valence-corrected chi connectivity index (χ3v) is 7.64. The number of aromatic nitrogens is 2. The predicted octanol–water partition coefficient (Wildman–Crippen LogP) is 10.6. The minimum absolute atomic E-state index is 0.624. The number of imidazole rings is 1. The number of hydrogen-bond acceptors (Lipinski definition) is 0. The first kappa shape index (κ1) is 30.2. The molecule has 33 heavy (non-hydrogen) atoms. The monoisotopic (exact) mass is 461 g/mol. The van der Waals surface area contributed by atoms with E-state index in [4.69, 9.17) is 0 Å². The summed E-state index contributed by atoms with van der Waals surface area (Å²) in [5.41, 5.74) is 0. The summed E-state index contributed by atoms with van der Waals surface area (Å²) in [6.45, 7) is 9.36. The maximum atomic E-state index is 3.66. The number of rotatable bonds is 24. The smallest absolute Gasteiger partial charge is 0.247 e. The molecule has 0 aromatic carbocycles. The average molecular weight is 462 g/mol. The summed E-state index contributed by atoms with van der Waals surface area (Å²) in [7, 11) is 0. The highest BCUT2D eigenvalue weighted by Gasteiger charge is 2.25. The van der Waals surface area contributed by atoms with Gasteiger partial charge in [0.25, 0.3) is 5.82 Å². The van der Waals surface area contributed by atoms with Crippen molar-refractivity contribution in [2.45, 2.75) is 181 Å². The van der Waals surface area contributed by atoms with Crippen molar-refractivity contribution >= 4 is 0 Å². The van der Waals surface area contributed by atoms with Crippen molar-refractivity contribution in [1.82, 2.24) is 4.98 Å². The average Bonchev–Trinajstić information content (AvgIpc) is 3.31. The van der Waals surface area contributed by atoms with Gasteiger partial charge in [-0.25, -0.2) is 9.55 Å². The third-order valence-electron chi connectivity index (χ3n) is 7.64. The van der Waals surface area contributed by atoms with Crippen molar-refractivity contribution in [1.29, 1.82) is 0 Å². The topological polar surface area (TPSA) is 19.7 Å². The molecule has 0 saturated heterocycles. The molecule has 0 fully saturated rings. The third kappa shape index (κ3) is 14.9. The first-order valence-corrected chi connectivity index (χ1v) is 15.3. The SMILES string of the molecule is CCCCCCCCCCCCCCCC(CCCC)c1[nH]cc[n+]1C(C)CCCCCC. The van der Waals surface area contributed by atoms with Gasteiger partial charge in [-0.15, -0.1) is 0 Å². The predicted molar refractivity (Wildman–Crippen MR) is 147 cm³/mol. The Morgan fingerprint density at radius 2 is 1.00 bits per heavy atom. The van der Waals surface area contributed by atoms with Crippen molar-refractivity contribution in [3.63, 3.8) is 0 Å². The highest BCUT2D eigenvalue weighted by atomic mass is 15.1. The van der Waals surface area contributed by atoms with Gasteiger partial charge in [0, 0.05) is 0 Å². The van der Waals surface area contributed by atoms with Crippen LogP contribution in [0.25, 0.3) is 0 Å². The molecular weight excluding hydrogens is 400 g/mol. The molecule has 0 aliphatic heterocycles. The molecule has 2 nitrogen and oxygen atoms in total. The van der Waals surface area contributed by atoms with Gasteiger partial charge in [-0.05, 0) is 32.6 Å². The summed E-state index contributed by atoms with van der Waals surface area (Å²) in [5, 5.41) is 0. The van der Waals surface area contributed by atoms with Crippen LogP contribution in [0.15, 0.2) is 12.4 Å². The molecule has 0 bridgehead atoms. The standard InChI is InChI=1S/C31H60N2/c1-5-8-11-13-14-15-16-17-18-19-20-21-23-26-30(25-10-7-3)31-32-27-28-33(31)29(4)24-22-12-9-6-2/h27-30H,5-26H2,1-4H3/p+1. The normalized spacial score (nSPS) is 13.5. The Bertz CT molecular complexity index is 521. The quantitative estimate of drug-likeness (QED) is 0.117. The summed E-state index contributed by atoms with van der Waals surface area (Å²) >= 11 is 0. The first-order valence-electron chi connectivity index (χ1n) is 15.3. The second-order valence-electron chi connectivity index (χ2n) is 10.8. The number of H-pyrrole nitrogens is 1. The van der Waals surface area contributed by atoms with Gasteiger partial charge in [0.05, 0.1) is 12.0 Å². The molecule has 1 aromatic heterocycles. The van der Waals surface area contributed by atoms with Gasteiger partial charge < -0.3 is 0 Å². The lowest BCUT2D eigenvalue weighted by Crippen LogP contribution is -2.41. The molecule has 2 heteroatoms. The lowest BCUT2D eigenvalue weighted by atomic mass is 9.93. The van der Waals surface area contributed by atoms with Gasteiger partial charge in [0.1, 0.15) is 12.4 Å². The highest BCUT2D eigenvalue weighted by Crippen LogP contribution is 2.26. The number of nitrogens with one attached hydrogen (secondary N) is 1. The molecule has 194 valence electrons. The van der Waals surface area contributed by atoms with Crippen LogP contribution in [0.2, 0.25) is 0 Å². The summed E-state index contributed by atoms with van der Waals surface area (Å²) in [5.74, 6) is 2.22. The summed E-state index contributed by atoms with van der Waals surface area (Å²) in [6, 6.07) is 0.624. The van der Waals surface area contributed by atoms with Crippen LogP contribution in [0.1, 0.15) is 187 Å². The van der Waals surface area contributed by atoms with E-state index < -0.39 is 0 Å². The van der Waals surface area contributed by atoms with Crippen LogP contribution in [0, 0.1) is 0 Å². The molecule has 0 amide bonds. The molecular formula is C31H61N2+. The Hall–Kier alpha value is -0.790. The van der Waals surface area contributed by atoms with Crippen molar-refractivity contribution in [3.05, 3.63) is 18.2 Å². The zero-order chi connectivity index (χ0) is 24.0. The fourth-order valence-corrected chi connectivity index (χ4v) is 5.35. The molecule has 1 aromatic rings. The minimum Gasteiger partial charge on any atom is -0.247 e. The molecule has 0 spiro atoms. The number of aromatic amines is 1. The van der Waals surface area contributed by atoms with E-state index in [9.17, 15) is 0 Å². The number of unbranched alkanes of at least 4 members (excludes halogenated alkanes) is 16. The van der Waals surface area contributed by atoms with Gasteiger partial charge in [0.2, 0.25) is 0 Å². The van der Waals surface area contributed by atoms with E-state index in [2.05, 4.69) is 49.6 Å². The zero-order valence-corrected chi connectivity index (χ0v) is 23.3. The van der Waals surface area contributed by atoms with Crippen molar-refractivity contribution in [2.24, 2.45) is 0 Å². The van der Waals surface area contributed by atoms with Crippen molar-refractivity contribution in [2.75, 3.05) is 0 Å². The van der Waals surface area contributed by atoms with Crippen LogP contribution < -0.4 is 4.57 Å². The number of nitrogens with zero attached hydrogens (tertiary/aromatic N) is 1. The molecule has 1 heterocycles. The first-order chi connectivity index (χ1) is 16.2. The second-order valence-corrected chi connectivity index (χ2v) is 10.8. The second kappa shape index (κ2) is 21.7. The fourth-order valence-electron chi connectivity index (χ4n) is 5.35. The van der Waals surface area contributed by atoms with Gasteiger partial charge in [0.15, 0.2) is 0 Å². The van der Waals surface area contributed by atoms with Crippen LogP contribution in [0.3, 0.4) is 0 Å².